The fourth-order valence-corrected chi connectivity index (χ4v) is 1.58. The summed E-state index contributed by atoms with van der Waals surface area (Å²) in [5.74, 6) is 0.312. The molecule has 0 unspecified atom stereocenters. The quantitative estimate of drug-likeness (QED) is 0.565. The largest absolute Gasteiger partial charge is 0.294 e. The van der Waals surface area contributed by atoms with Crippen LogP contribution in [0, 0.1) is 0 Å². The second kappa shape index (κ2) is 2.50. The van der Waals surface area contributed by atoms with Gasteiger partial charge in [0.1, 0.15) is 0 Å². The highest BCUT2D eigenvalue weighted by Gasteiger charge is 2.14. The minimum Gasteiger partial charge on any atom is -0.294 e. The molecule has 1 aliphatic carbocycles. The number of hydrogen-bond acceptors (Lipinski definition) is 1. The standard InChI is InChI=1S/C10H10O/c11-10-7-3-5-8-4-1-2-6-9(8)10/h1-2,4,6H,3,5,7H2/i1+2,2+2,4+2,6+2,8+2,9+2. The van der Waals surface area contributed by atoms with Crippen LogP contribution in [0.15, 0.2) is 24.3 Å². The Morgan fingerprint density at radius 3 is 2.91 bits per heavy atom. The van der Waals surface area contributed by atoms with Crippen LogP contribution in [0.5, 0.6) is 0 Å². The van der Waals surface area contributed by atoms with Crippen molar-refractivity contribution < 1.29 is 4.79 Å². The van der Waals surface area contributed by atoms with Gasteiger partial charge >= 0.3 is 0 Å². The molecular formula is C10H10O. The van der Waals surface area contributed by atoms with Crippen LogP contribution in [0.1, 0.15) is 28.8 Å². The Balaban J connectivity index is 2.52. The maximum atomic E-state index is 11.3. The van der Waals surface area contributed by atoms with E-state index in [1.807, 2.05) is 24.3 Å². The van der Waals surface area contributed by atoms with Gasteiger partial charge in [-0.05, 0) is 18.4 Å². The summed E-state index contributed by atoms with van der Waals surface area (Å²) < 4.78 is 0. The SMILES string of the molecule is O=C1CCC[14c]2[14cH][14cH][14cH][14cH][14c]21. The lowest BCUT2D eigenvalue weighted by molar-refractivity contribution is 0.0972. The van der Waals surface area contributed by atoms with E-state index in [9.17, 15) is 4.79 Å². The van der Waals surface area contributed by atoms with Gasteiger partial charge in [0, 0.05) is 12.0 Å². The number of ketones is 1. The zero-order valence-corrected chi connectivity index (χ0v) is 6.34. The molecule has 1 heteroatoms. The third kappa shape index (κ3) is 1.07. The monoisotopic (exact) mass is 158 g/mol. The summed E-state index contributed by atoms with van der Waals surface area (Å²) in [6.45, 7) is 0. The lowest BCUT2D eigenvalue weighted by Crippen LogP contribution is -2.09. The van der Waals surface area contributed by atoms with E-state index < -0.39 is 0 Å². The molecule has 0 spiro atoms. The fraction of sp³-hybridized carbons (Fsp3) is 0.300. The molecular weight excluding hydrogens is 148 g/mol. The molecule has 0 N–H and O–H groups in total. The highest BCUT2D eigenvalue weighted by atomic mass is 16.2. The Labute approximate surface area is 66.0 Å². The number of hydrogen-bond donors (Lipinski definition) is 0. The van der Waals surface area contributed by atoms with Gasteiger partial charge in [-0.2, -0.15) is 0 Å². The molecule has 1 aromatic carbocycles. The van der Waals surface area contributed by atoms with Gasteiger partial charge in [0.25, 0.3) is 0 Å². The number of fused-ring (bicyclic) bond motifs is 1. The zero-order valence-electron chi connectivity index (χ0n) is 6.34. The molecule has 11 heavy (non-hydrogen) atoms. The van der Waals surface area contributed by atoms with Crippen molar-refractivity contribution in [1.82, 2.24) is 0 Å². The lowest BCUT2D eigenvalue weighted by atomic mass is 10.3. The van der Waals surface area contributed by atoms with Gasteiger partial charge in [0.05, 0.1) is 0 Å². The molecule has 1 aromatic rings. The van der Waals surface area contributed by atoms with E-state index in [1.165, 1.54) is 5.56 Å². The molecule has 56 valence electrons. The number of carbonyl (C=O) groups is 1. The van der Waals surface area contributed by atoms with Crippen LogP contribution in [-0.2, 0) is 6.42 Å². The van der Waals surface area contributed by atoms with E-state index >= 15 is 0 Å². The van der Waals surface area contributed by atoms with E-state index in [4.69, 9.17) is 0 Å². The number of aryl methyl sites for hydroxylation is 1. The lowest BCUT2D eigenvalue weighted by Gasteiger charge is -2.12. The summed E-state index contributed by atoms with van der Waals surface area (Å²) in [5.41, 5.74) is 2.17. The fourth-order valence-electron chi connectivity index (χ4n) is 1.58. The predicted molar refractivity (Wildman–Crippen MR) is 43.7 cm³/mol. The highest BCUT2D eigenvalue weighted by Crippen LogP contribution is 2.19. The van der Waals surface area contributed by atoms with Crippen LogP contribution in [0.4, 0.5) is 0 Å². The molecule has 2 rings (SSSR count). The van der Waals surface area contributed by atoms with Crippen molar-refractivity contribution in [2.75, 3.05) is 0 Å². The normalized spacial score (nSPS) is 16.2. The van der Waals surface area contributed by atoms with Crippen molar-refractivity contribution in [2.24, 2.45) is 0 Å². The second-order valence-electron chi connectivity index (χ2n) is 2.93. The zero-order chi connectivity index (χ0) is 7.68. The van der Waals surface area contributed by atoms with Crippen molar-refractivity contribution in [2.45, 2.75) is 19.3 Å². The van der Waals surface area contributed by atoms with Crippen molar-refractivity contribution in [3.05, 3.63) is 35.4 Å². The molecule has 0 saturated heterocycles. The first-order valence-electron chi connectivity index (χ1n) is 3.99. The Morgan fingerprint density at radius 1 is 1.27 bits per heavy atom. The first-order valence-corrected chi connectivity index (χ1v) is 3.99. The van der Waals surface area contributed by atoms with Crippen molar-refractivity contribution in [3.63, 3.8) is 0 Å². The Kier molecular flexibility index (Phi) is 1.50. The summed E-state index contributed by atoms with van der Waals surface area (Å²) >= 11 is 0. The van der Waals surface area contributed by atoms with Gasteiger partial charge in [-0.25, -0.2) is 0 Å². The maximum Gasteiger partial charge on any atom is 0.163 e. The summed E-state index contributed by atoms with van der Waals surface area (Å²) in [7, 11) is 0. The topological polar surface area (TPSA) is 17.1 Å². The Morgan fingerprint density at radius 2 is 2.09 bits per heavy atom. The van der Waals surface area contributed by atoms with E-state index in [2.05, 4.69) is 0 Å². The third-order valence-electron chi connectivity index (χ3n) is 2.17. The molecule has 1 aliphatic rings. The molecule has 0 fully saturated rings. The van der Waals surface area contributed by atoms with Crippen LogP contribution in [0.25, 0.3) is 0 Å². The molecule has 1 nitrogen and oxygen atoms in total. The summed E-state index contributed by atoms with van der Waals surface area (Å²) in [5, 5.41) is 0. The number of carbonyl (C=O) groups excluding carboxylic acids is 1. The summed E-state index contributed by atoms with van der Waals surface area (Å²) in [4.78, 5) is 11.3. The smallest absolute Gasteiger partial charge is 0.163 e. The molecule has 0 radical (unpaired) electrons. The van der Waals surface area contributed by atoms with Crippen molar-refractivity contribution in [1.29, 1.82) is 0 Å². The average Bonchev–Trinajstić information content (AvgIpc) is 2.06. The summed E-state index contributed by atoms with van der Waals surface area (Å²) in [6, 6.07) is 7.91. The van der Waals surface area contributed by atoms with E-state index in [0.29, 0.717) is 5.78 Å². The predicted octanol–water partition coefficient (Wildman–Crippen LogP) is 2.21. The van der Waals surface area contributed by atoms with E-state index in [1.54, 1.807) is 0 Å². The van der Waals surface area contributed by atoms with E-state index in [0.717, 1.165) is 24.8 Å². The molecule has 0 bridgehead atoms. The van der Waals surface area contributed by atoms with Crippen molar-refractivity contribution in [3.8, 4) is 0 Å². The second-order valence-corrected chi connectivity index (χ2v) is 2.93. The average molecular weight is 158 g/mol. The van der Waals surface area contributed by atoms with E-state index in [-0.39, 0.29) is 0 Å². The molecule has 0 atom stereocenters. The van der Waals surface area contributed by atoms with Crippen LogP contribution >= 0.6 is 0 Å². The van der Waals surface area contributed by atoms with Crippen LogP contribution in [0.3, 0.4) is 0 Å². The molecule has 0 aromatic heterocycles. The van der Waals surface area contributed by atoms with Crippen molar-refractivity contribution >= 4 is 5.78 Å². The van der Waals surface area contributed by atoms with Crippen LogP contribution < -0.4 is 0 Å². The number of rotatable bonds is 0. The Hall–Kier alpha value is -1.11. The first-order chi connectivity index (χ1) is 5.38. The van der Waals surface area contributed by atoms with Gasteiger partial charge in [0.2, 0.25) is 0 Å². The van der Waals surface area contributed by atoms with Gasteiger partial charge in [-0.1, -0.05) is 24.3 Å². The van der Waals surface area contributed by atoms with Gasteiger partial charge < -0.3 is 0 Å². The van der Waals surface area contributed by atoms with Crippen LogP contribution in [0.2, 0.25) is 0 Å². The molecule has 0 amide bonds. The van der Waals surface area contributed by atoms with Gasteiger partial charge in [-0.15, -0.1) is 0 Å². The Bertz CT molecular complexity index is 289. The molecule has 0 saturated carbocycles. The molecule has 0 heterocycles. The first kappa shape index (κ1) is 6.59. The van der Waals surface area contributed by atoms with Gasteiger partial charge in [0.15, 0.2) is 5.78 Å². The minimum atomic E-state index is 0.312. The number of benzene rings is 1. The maximum absolute atomic E-state index is 11.3. The summed E-state index contributed by atoms with van der Waals surface area (Å²) in [6.07, 6.45) is 2.83. The van der Waals surface area contributed by atoms with Gasteiger partial charge in [-0.3, -0.25) is 4.79 Å². The molecule has 0 aliphatic heterocycles. The minimum absolute atomic E-state index is 0.312. The number of Topliss-reactive ketones (excluding diaryl/α,β-unsaturated/α-hetero) is 1. The van der Waals surface area contributed by atoms with Crippen LogP contribution in [-0.4, -0.2) is 5.78 Å². The third-order valence-corrected chi connectivity index (χ3v) is 2.17. The highest BCUT2D eigenvalue weighted by molar-refractivity contribution is 5.98.